The molecule has 0 aromatic heterocycles. The minimum Gasteiger partial charge on any atom is -0.445 e. The quantitative estimate of drug-likeness (QED) is 0.655. The number of rotatable bonds is 8. The van der Waals surface area contributed by atoms with Gasteiger partial charge in [-0.3, -0.25) is 0 Å². The highest BCUT2D eigenvalue weighted by Crippen LogP contribution is 2.12. The van der Waals surface area contributed by atoms with Crippen molar-refractivity contribution in [1.82, 2.24) is 10.6 Å². The van der Waals surface area contributed by atoms with Crippen molar-refractivity contribution in [3.8, 4) is 0 Å². The van der Waals surface area contributed by atoms with Crippen molar-refractivity contribution in [3.05, 3.63) is 34.9 Å². The Bertz CT molecular complexity index is 538. The van der Waals surface area contributed by atoms with E-state index in [0.29, 0.717) is 24.1 Å². The molecule has 1 saturated heterocycles. The van der Waals surface area contributed by atoms with E-state index in [2.05, 4.69) is 24.5 Å². The largest absolute Gasteiger partial charge is 0.445 e. The number of benzene rings is 1. The molecule has 0 saturated carbocycles. The van der Waals surface area contributed by atoms with Crippen molar-refractivity contribution >= 4 is 17.7 Å². The van der Waals surface area contributed by atoms with Crippen molar-refractivity contribution in [2.75, 3.05) is 13.2 Å². The first-order valence-corrected chi connectivity index (χ1v) is 9.02. The molecule has 3 N–H and O–H groups in total. The van der Waals surface area contributed by atoms with Crippen LogP contribution < -0.4 is 10.6 Å². The Kier molecular flexibility index (Phi) is 7.96. The molecule has 6 nitrogen and oxygen atoms in total. The average Bonchev–Trinajstić information content (AvgIpc) is 2.97. The van der Waals surface area contributed by atoms with Gasteiger partial charge in [0, 0.05) is 17.6 Å². The maximum absolute atomic E-state index is 12.1. The van der Waals surface area contributed by atoms with Gasteiger partial charge in [-0.2, -0.15) is 0 Å². The fraction of sp³-hybridized carbons (Fsp3) is 0.611. The lowest BCUT2D eigenvalue weighted by Gasteiger charge is -2.23. The molecule has 7 heteroatoms. The molecule has 2 rings (SSSR count). The van der Waals surface area contributed by atoms with Gasteiger partial charge in [0.05, 0.1) is 12.6 Å². The smallest absolute Gasteiger partial charge is 0.407 e. The van der Waals surface area contributed by atoms with Gasteiger partial charge in [-0.05, 0) is 36.5 Å². The summed E-state index contributed by atoms with van der Waals surface area (Å²) in [6.07, 6.45) is 0.339. The van der Waals surface area contributed by atoms with Gasteiger partial charge in [-0.15, -0.1) is 0 Å². The van der Waals surface area contributed by atoms with Gasteiger partial charge in [0.15, 0.2) is 6.29 Å². The Morgan fingerprint density at radius 1 is 1.40 bits per heavy atom. The molecule has 1 fully saturated rings. The highest BCUT2D eigenvalue weighted by molar-refractivity contribution is 6.30. The molecule has 1 aromatic rings. The van der Waals surface area contributed by atoms with Crippen LogP contribution in [0.1, 0.15) is 32.3 Å². The van der Waals surface area contributed by atoms with Crippen molar-refractivity contribution in [2.45, 2.75) is 51.7 Å². The zero-order valence-electron chi connectivity index (χ0n) is 14.7. The summed E-state index contributed by atoms with van der Waals surface area (Å²) in [4.78, 5) is 12.1. The number of ether oxygens (including phenoxy) is 2. The molecule has 1 aliphatic rings. The van der Waals surface area contributed by atoms with Gasteiger partial charge in [0.1, 0.15) is 6.61 Å². The minimum absolute atomic E-state index is 0.0782. The topological polar surface area (TPSA) is 79.8 Å². The molecule has 25 heavy (non-hydrogen) atoms. The summed E-state index contributed by atoms with van der Waals surface area (Å²) >= 11 is 5.84. The number of carbonyl (C=O) groups is 1. The second kappa shape index (κ2) is 9.97. The second-order valence-electron chi connectivity index (χ2n) is 6.74. The number of aliphatic hydroxyl groups excluding tert-OH is 1. The summed E-state index contributed by atoms with van der Waals surface area (Å²) in [5, 5.41) is 16.5. The third kappa shape index (κ3) is 7.20. The van der Waals surface area contributed by atoms with Gasteiger partial charge in [0.2, 0.25) is 0 Å². The summed E-state index contributed by atoms with van der Waals surface area (Å²) in [5.74, 6) is 0.424. The number of hydrogen-bond donors (Lipinski definition) is 3. The monoisotopic (exact) mass is 370 g/mol. The zero-order chi connectivity index (χ0) is 18.2. The molecule has 3 atom stereocenters. The van der Waals surface area contributed by atoms with Gasteiger partial charge in [-0.25, -0.2) is 4.79 Å². The van der Waals surface area contributed by atoms with E-state index < -0.39 is 12.4 Å². The van der Waals surface area contributed by atoms with Gasteiger partial charge in [-0.1, -0.05) is 37.6 Å². The van der Waals surface area contributed by atoms with E-state index in [0.717, 1.165) is 18.4 Å². The lowest BCUT2D eigenvalue weighted by atomic mass is 10.0. The van der Waals surface area contributed by atoms with E-state index in [1.54, 1.807) is 12.1 Å². The van der Waals surface area contributed by atoms with Crippen LogP contribution in [0.25, 0.3) is 0 Å². The first kappa shape index (κ1) is 20.0. The van der Waals surface area contributed by atoms with E-state index in [1.807, 2.05) is 12.1 Å². The molecule has 0 spiro atoms. The van der Waals surface area contributed by atoms with Crippen LogP contribution in [0.5, 0.6) is 0 Å². The van der Waals surface area contributed by atoms with Crippen LogP contribution in [0.3, 0.4) is 0 Å². The Labute approximate surface area is 153 Å². The Morgan fingerprint density at radius 3 is 2.72 bits per heavy atom. The first-order chi connectivity index (χ1) is 11.9. The lowest BCUT2D eigenvalue weighted by molar-refractivity contribution is -0.0718. The summed E-state index contributed by atoms with van der Waals surface area (Å²) in [5.41, 5.74) is 0.879. The highest BCUT2D eigenvalue weighted by Gasteiger charge is 2.26. The van der Waals surface area contributed by atoms with Gasteiger partial charge < -0.3 is 25.2 Å². The summed E-state index contributed by atoms with van der Waals surface area (Å²) < 4.78 is 10.4. The van der Waals surface area contributed by atoms with Crippen molar-refractivity contribution in [1.29, 1.82) is 0 Å². The lowest BCUT2D eigenvalue weighted by Crippen LogP contribution is -2.47. The molecule has 1 aliphatic heterocycles. The summed E-state index contributed by atoms with van der Waals surface area (Å²) in [6.45, 7) is 5.49. The number of nitrogens with one attached hydrogen (secondary N) is 2. The van der Waals surface area contributed by atoms with Crippen LogP contribution >= 0.6 is 11.6 Å². The number of aliphatic hydroxyl groups is 1. The maximum atomic E-state index is 12.1. The van der Waals surface area contributed by atoms with E-state index in [4.69, 9.17) is 21.1 Å². The SMILES string of the molecule is CC(C)C[C@H](CN[C@H]1CCOC1O)NC(=O)OCc1ccc(Cl)cc1. The van der Waals surface area contributed by atoms with E-state index >= 15 is 0 Å². The zero-order valence-corrected chi connectivity index (χ0v) is 15.5. The molecule has 0 aliphatic carbocycles. The standard InChI is InChI=1S/C18H27ClN2O4/c1-12(2)9-15(10-20-16-7-8-24-17(16)22)21-18(23)25-11-13-3-5-14(19)6-4-13/h3-6,12,15-17,20,22H,7-11H2,1-2H3,(H,21,23)/t15-,16+,17?/m1/s1. The van der Waals surface area contributed by atoms with Crippen LogP contribution in [-0.4, -0.2) is 42.7 Å². The number of halogens is 1. The summed E-state index contributed by atoms with van der Waals surface area (Å²) in [6, 6.07) is 7.00. The molecular weight excluding hydrogens is 344 g/mol. The predicted molar refractivity (Wildman–Crippen MR) is 96.4 cm³/mol. The van der Waals surface area contributed by atoms with E-state index in [1.165, 1.54) is 0 Å². The molecule has 1 aromatic carbocycles. The van der Waals surface area contributed by atoms with Crippen LogP contribution in [-0.2, 0) is 16.1 Å². The molecule has 140 valence electrons. The Morgan fingerprint density at radius 2 is 2.12 bits per heavy atom. The van der Waals surface area contributed by atoms with Gasteiger partial charge in [0.25, 0.3) is 0 Å². The minimum atomic E-state index is -0.781. The van der Waals surface area contributed by atoms with Crippen LogP contribution in [0.15, 0.2) is 24.3 Å². The fourth-order valence-corrected chi connectivity index (χ4v) is 2.90. The number of hydrogen-bond acceptors (Lipinski definition) is 5. The predicted octanol–water partition coefficient (Wildman–Crippen LogP) is 2.68. The molecule has 0 bridgehead atoms. The fourth-order valence-electron chi connectivity index (χ4n) is 2.77. The maximum Gasteiger partial charge on any atom is 0.407 e. The molecule has 1 amide bonds. The number of alkyl carbamates (subject to hydrolysis) is 1. The third-order valence-electron chi connectivity index (χ3n) is 4.05. The van der Waals surface area contributed by atoms with Gasteiger partial charge >= 0.3 is 6.09 Å². The van der Waals surface area contributed by atoms with Crippen LogP contribution in [0, 0.1) is 5.92 Å². The third-order valence-corrected chi connectivity index (χ3v) is 4.30. The second-order valence-corrected chi connectivity index (χ2v) is 7.17. The van der Waals surface area contributed by atoms with Crippen molar-refractivity contribution in [2.24, 2.45) is 5.92 Å². The van der Waals surface area contributed by atoms with Crippen molar-refractivity contribution in [3.63, 3.8) is 0 Å². The van der Waals surface area contributed by atoms with E-state index in [-0.39, 0.29) is 18.7 Å². The van der Waals surface area contributed by atoms with E-state index in [9.17, 15) is 9.90 Å². The molecule has 1 unspecified atom stereocenters. The number of carbonyl (C=O) groups excluding carboxylic acids is 1. The Balaban J connectivity index is 1.78. The van der Waals surface area contributed by atoms with Crippen molar-refractivity contribution < 1.29 is 19.4 Å². The normalized spacial score (nSPS) is 21.3. The molecule has 1 heterocycles. The Hall–Kier alpha value is -1.34. The number of amides is 1. The average molecular weight is 371 g/mol. The molecular formula is C18H27ClN2O4. The van der Waals surface area contributed by atoms with Crippen LogP contribution in [0.2, 0.25) is 5.02 Å². The molecule has 0 radical (unpaired) electrons. The van der Waals surface area contributed by atoms with Crippen LogP contribution in [0.4, 0.5) is 4.79 Å². The first-order valence-electron chi connectivity index (χ1n) is 8.65. The summed E-state index contributed by atoms with van der Waals surface area (Å²) in [7, 11) is 0. The highest BCUT2D eigenvalue weighted by atomic mass is 35.5.